The summed E-state index contributed by atoms with van der Waals surface area (Å²) >= 11 is 0. The number of benzene rings is 1. The lowest BCUT2D eigenvalue weighted by atomic mass is 9.81. The zero-order valence-electron chi connectivity index (χ0n) is 19.0. The molecule has 0 unspecified atom stereocenters. The Hall–Kier alpha value is -2.17. The van der Waals surface area contributed by atoms with E-state index in [0.29, 0.717) is 17.8 Å². The van der Waals surface area contributed by atoms with Gasteiger partial charge in [-0.3, -0.25) is 19.3 Å². The molecule has 170 valence electrons. The molecule has 1 aliphatic carbocycles. The summed E-state index contributed by atoms with van der Waals surface area (Å²) in [5.74, 6) is -0.377. The highest BCUT2D eigenvalue weighted by Gasteiger charge is 2.48. The van der Waals surface area contributed by atoms with Crippen LogP contribution >= 0.6 is 0 Å². The molecule has 5 heteroatoms. The fourth-order valence-corrected chi connectivity index (χ4v) is 4.93. The number of hydrogen-bond acceptors (Lipinski definition) is 3. The van der Waals surface area contributed by atoms with Crippen LogP contribution in [0.5, 0.6) is 0 Å². The van der Waals surface area contributed by atoms with E-state index in [0.717, 1.165) is 38.5 Å². The van der Waals surface area contributed by atoms with Crippen molar-refractivity contribution in [2.24, 2.45) is 11.8 Å². The zero-order valence-corrected chi connectivity index (χ0v) is 19.0. The summed E-state index contributed by atoms with van der Waals surface area (Å²) in [6.45, 7) is 2.24. The molecule has 1 aromatic carbocycles. The molecule has 2 fully saturated rings. The zero-order chi connectivity index (χ0) is 22.1. The number of carbonyl (C=O) groups is 3. The maximum Gasteiger partial charge on any atom is 0.237 e. The Morgan fingerprint density at radius 1 is 0.839 bits per heavy atom. The summed E-state index contributed by atoms with van der Waals surface area (Å²) in [6, 6.07) is 7.10. The van der Waals surface area contributed by atoms with Crippen molar-refractivity contribution >= 4 is 29.1 Å². The molecule has 1 aromatic rings. The van der Waals surface area contributed by atoms with Gasteiger partial charge in [0.2, 0.25) is 17.7 Å². The number of amides is 3. The average Bonchev–Trinajstić information content (AvgIpc) is 3.04. The van der Waals surface area contributed by atoms with Gasteiger partial charge >= 0.3 is 0 Å². The van der Waals surface area contributed by atoms with Gasteiger partial charge in [0.1, 0.15) is 0 Å². The van der Waals surface area contributed by atoms with E-state index < -0.39 is 0 Å². The average molecular weight is 427 g/mol. The van der Waals surface area contributed by atoms with Gasteiger partial charge in [0.25, 0.3) is 0 Å². The van der Waals surface area contributed by atoms with Crippen LogP contribution in [0.1, 0.15) is 96.8 Å². The summed E-state index contributed by atoms with van der Waals surface area (Å²) in [5.41, 5.74) is 1.32. The highest BCUT2D eigenvalue weighted by Crippen LogP contribution is 2.40. The quantitative estimate of drug-likeness (QED) is 0.318. The van der Waals surface area contributed by atoms with E-state index in [4.69, 9.17) is 0 Å². The Morgan fingerprint density at radius 2 is 1.35 bits per heavy atom. The van der Waals surface area contributed by atoms with E-state index >= 15 is 0 Å². The van der Waals surface area contributed by atoms with Crippen molar-refractivity contribution in [1.29, 1.82) is 0 Å². The topological polar surface area (TPSA) is 66.5 Å². The normalized spacial score (nSPS) is 20.7. The first-order valence-corrected chi connectivity index (χ1v) is 12.4. The molecule has 0 bridgehead atoms. The molecule has 0 aromatic heterocycles. The van der Waals surface area contributed by atoms with Gasteiger partial charge in [-0.25, -0.2) is 0 Å². The molecule has 2 atom stereocenters. The second-order valence-corrected chi connectivity index (χ2v) is 9.18. The Morgan fingerprint density at radius 3 is 1.90 bits per heavy atom. The molecule has 3 rings (SSSR count). The number of nitrogens with zero attached hydrogens (tertiary/aromatic N) is 1. The van der Waals surface area contributed by atoms with E-state index in [1.54, 1.807) is 24.3 Å². The van der Waals surface area contributed by atoms with Crippen molar-refractivity contribution in [1.82, 2.24) is 0 Å². The number of nitrogens with one attached hydrogen (secondary N) is 1. The van der Waals surface area contributed by atoms with E-state index in [1.807, 2.05) is 0 Å². The number of unbranched alkanes of at least 4 members (excludes halogenated alkanes) is 8. The second-order valence-electron chi connectivity index (χ2n) is 9.18. The SMILES string of the molecule is CCCCCCCCCCCC(=O)Nc1ccc(N2C(=O)[C@@H]3CCCC[C@H]3C2=O)cc1. The molecule has 2 aliphatic rings. The lowest BCUT2D eigenvalue weighted by Crippen LogP contribution is -2.30. The largest absolute Gasteiger partial charge is 0.326 e. The van der Waals surface area contributed by atoms with Crippen LogP contribution in [-0.4, -0.2) is 17.7 Å². The molecular formula is C26H38N2O3. The highest BCUT2D eigenvalue weighted by molar-refractivity contribution is 6.22. The lowest BCUT2D eigenvalue weighted by Gasteiger charge is -2.19. The van der Waals surface area contributed by atoms with Crippen LogP contribution in [0.3, 0.4) is 0 Å². The first-order valence-electron chi connectivity index (χ1n) is 12.4. The summed E-state index contributed by atoms with van der Waals surface area (Å²) in [4.78, 5) is 39.0. The third kappa shape index (κ3) is 6.41. The monoisotopic (exact) mass is 426 g/mol. The number of rotatable bonds is 12. The van der Waals surface area contributed by atoms with Crippen LogP contribution in [0.15, 0.2) is 24.3 Å². The molecule has 5 nitrogen and oxygen atoms in total. The van der Waals surface area contributed by atoms with E-state index in [-0.39, 0.29) is 29.6 Å². The van der Waals surface area contributed by atoms with Gasteiger partial charge in [0, 0.05) is 12.1 Å². The van der Waals surface area contributed by atoms with Crippen molar-refractivity contribution in [2.45, 2.75) is 96.8 Å². The number of anilines is 2. The molecule has 1 heterocycles. The van der Waals surface area contributed by atoms with Crippen molar-refractivity contribution in [3.63, 3.8) is 0 Å². The standard InChI is InChI=1S/C26H38N2O3/c1-2-3-4-5-6-7-8-9-10-15-24(29)27-20-16-18-21(19-17-20)28-25(30)22-13-11-12-14-23(22)26(28)31/h16-19,22-23H,2-15H2,1H3,(H,27,29)/t22-,23-/m1/s1. The van der Waals surface area contributed by atoms with Crippen molar-refractivity contribution in [3.8, 4) is 0 Å². The smallest absolute Gasteiger partial charge is 0.237 e. The Labute approximate surface area is 187 Å². The van der Waals surface area contributed by atoms with Crippen LogP contribution in [0, 0.1) is 11.8 Å². The first-order chi connectivity index (χ1) is 15.1. The molecule has 0 spiro atoms. The van der Waals surface area contributed by atoms with E-state index in [9.17, 15) is 14.4 Å². The van der Waals surface area contributed by atoms with Crippen LogP contribution in [0.25, 0.3) is 0 Å². The maximum absolute atomic E-state index is 12.7. The number of carbonyl (C=O) groups excluding carboxylic acids is 3. The summed E-state index contributed by atoms with van der Waals surface area (Å²) in [6.07, 6.45) is 15.3. The predicted octanol–water partition coefficient (Wildman–Crippen LogP) is 6.23. The van der Waals surface area contributed by atoms with Crippen LogP contribution in [0.2, 0.25) is 0 Å². The van der Waals surface area contributed by atoms with Gasteiger partial charge in [0.15, 0.2) is 0 Å². The Kier molecular flexibility index (Phi) is 9.11. The van der Waals surface area contributed by atoms with Crippen LogP contribution < -0.4 is 10.2 Å². The highest BCUT2D eigenvalue weighted by atomic mass is 16.2. The van der Waals surface area contributed by atoms with E-state index in [2.05, 4.69) is 12.2 Å². The molecule has 31 heavy (non-hydrogen) atoms. The molecule has 1 saturated carbocycles. The van der Waals surface area contributed by atoms with E-state index in [1.165, 1.54) is 49.8 Å². The molecule has 1 saturated heterocycles. The van der Waals surface area contributed by atoms with Gasteiger partial charge in [0.05, 0.1) is 17.5 Å². The number of hydrogen-bond donors (Lipinski definition) is 1. The third-order valence-electron chi connectivity index (χ3n) is 6.76. The van der Waals surface area contributed by atoms with Crippen molar-refractivity contribution < 1.29 is 14.4 Å². The molecule has 1 aliphatic heterocycles. The fourth-order valence-electron chi connectivity index (χ4n) is 4.93. The van der Waals surface area contributed by atoms with Crippen LogP contribution in [0.4, 0.5) is 11.4 Å². The maximum atomic E-state index is 12.7. The lowest BCUT2D eigenvalue weighted by molar-refractivity contribution is -0.122. The van der Waals surface area contributed by atoms with Gasteiger partial charge in [-0.05, 0) is 43.5 Å². The molecule has 1 N–H and O–H groups in total. The predicted molar refractivity (Wildman–Crippen MR) is 125 cm³/mol. The van der Waals surface area contributed by atoms with Crippen molar-refractivity contribution in [3.05, 3.63) is 24.3 Å². The molecular weight excluding hydrogens is 388 g/mol. The van der Waals surface area contributed by atoms with Crippen LogP contribution in [-0.2, 0) is 14.4 Å². The second kappa shape index (κ2) is 12.0. The van der Waals surface area contributed by atoms with Gasteiger partial charge in [-0.2, -0.15) is 0 Å². The third-order valence-corrected chi connectivity index (χ3v) is 6.76. The molecule has 3 amide bonds. The van der Waals surface area contributed by atoms with Gasteiger partial charge in [-0.1, -0.05) is 71.1 Å². The van der Waals surface area contributed by atoms with Gasteiger partial charge in [-0.15, -0.1) is 0 Å². The summed E-state index contributed by atoms with van der Waals surface area (Å²) in [7, 11) is 0. The first kappa shape index (κ1) is 23.5. The minimum Gasteiger partial charge on any atom is -0.326 e. The Balaban J connectivity index is 1.38. The minimum atomic E-state index is -0.142. The number of fused-ring (bicyclic) bond motifs is 1. The number of imide groups is 1. The fraction of sp³-hybridized carbons (Fsp3) is 0.654. The Bertz CT molecular complexity index is 720. The summed E-state index contributed by atoms with van der Waals surface area (Å²) < 4.78 is 0. The molecule has 0 radical (unpaired) electrons. The minimum absolute atomic E-state index is 0.0232. The van der Waals surface area contributed by atoms with Gasteiger partial charge < -0.3 is 5.32 Å². The summed E-state index contributed by atoms with van der Waals surface area (Å²) in [5, 5.41) is 2.93. The van der Waals surface area contributed by atoms with Crippen molar-refractivity contribution in [2.75, 3.05) is 10.2 Å².